The van der Waals surface area contributed by atoms with Crippen molar-refractivity contribution in [1.29, 1.82) is 0 Å². The van der Waals surface area contributed by atoms with Crippen molar-refractivity contribution in [2.45, 2.75) is 38.6 Å². The fourth-order valence-electron chi connectivity index (χ4n) is 2.26. The van der Waals surface area contributed by atoms with Gasteiger partial charge >= 0.3 is 0 Å². The van der Waals surface area contributed by atoms with Gasteiger partial charge in [0.05, 0.1) is 0 Å². The highest BCUT2D eigenvalue weighted by atomic mass is 16.2. The average molecular weight is 249 g/mol. The molecule has 0 aliphatic heterocycles. The monoisotopic (exact) mass is 249 g/mol. The van der Waals surface area contributed by atoms with Gasteiger partial charge in [-0.15, -0.1) is 0 Å². The Morgan fingerprint density at radius 3 is 2.22 bits per heavy atom. The summed E-state index contributed by atoms with van der Waals surface area (Å²) in [5.41, 5.74) is 0.765. The van der Waals surface area contributed by atoms with Crippen molar-refractivity contribution in [1.82, 2.24) is 5.32 Å². The van der Waals surface area contributed by atoms with E-state index in [0.717, 1.165) is 31.4 Å². The van der Waals surface area contributed by atoms with Gasteiger partial charge in [-0.2, -0.15) is 0 Å². The summed E-state index contributed by atoms with van der Waals surface area (Å²) in [5, 5.41) is 10.1. The second-order valence-corrected chi connectivity index (χ2v) is 4.80. The maximum atomic E-state index is 11.9. The fraction of sp³-hybridized carbons (Fsp3) is 0.533. The number of nitrogens with one attached hydrogen (secondary N) is 1. The van der Waals surface area contributed by atoms with Crippen molar-refractivity contribution in [3.63, 3.8) is 0 Å². The lowest BCUT2D eigenvalue weighted by Crippen LogP contribution is -2.37. The first kappa shape index (κ1) is 14.7. The molecule has 1 saturated carbocycles. The molecule has 3 heteroatoms. The zero-order chi connectivity index (χ0) is 13.4. The van der Waals surface area contributed by atoms with Crippen LogP contribution >= 0.6 is 0 Å². The summed E-state index contributed by atoms with van der Waals surface area (Å²) in [6.07, 6.45) is 4.72. The van der Waals surface area contributed by atoms with E-state index in [4.69, 9.17) is 5.11 Å². The average Bonchev–Trinajstić information content (AvgIpc) is 2.44. The molecule has 2 N–H and O–H groups in total. The van der Waals surface area contributed by atoms with Crippen LogP contribution in [0, 0.1) is 5.92 Å². The maximum Gasteiger partial charge on any atom is 0.251 e. The summed E-state index contributed by atoms with van der Waals surface area (Å²) in [6.45, 7) is 2.29. The van der Waals surface area contributed by atoms with Crippen LogP contribution in [0.2, 0.25) is 0 Å². The molecule has 0 saturated heterocycles. The lowest BCUT2D eigenvalue weighted by molar-refractivity contribution is 0.0923. The quantitative estimate of drug-likeness (QED) is 0.846. The van der Waals surface area contributed by atoms with Gasteiger partial charge in [-0.05, 0) is 43.7 Å². The highest BCUT2D eigenvalue weighted by molar-refractivity contribution is 5.94. The third-order valence-electron chi connectivity index (χ3n) is 3.39. The van der Waals surface area contributed by atoms with Gasteiger partial charge in [0.25, 0.3) is 5.91 Å². The van der Waals surface area contributed by atoms with Gasteiger partial charge in [0.15, 0.2) is 0 Å². The van der Waals surface area contributed by atoms with Crippen molar-refractivity contribution < 1.29 is 9.90 Å². The van der Waals surface area contributed by atoms with Gasteiger partial charge in [-0.3, -0.25) is 4.79 Å². The van der Waals surface area contributed by atoms with Crippen molar-refractivity contribution in [2.75, 3.05) is 7.11 Å². The number of amides is 1. The molecule has 2 rings (SSSR count). The summed E-state index contributed by atoms with van der Waals surface area (Å²) >= 11 is 0. The van der Waals surface area contributed by atoms with Crippen LogP contribution in [0.1, 0.15) is 43.0 Å². The Bertz CT molecular complexity index is 343. The van der Waals surface area contributed by atoms with Crippen LogP contribution in [0.15, 0.2) is 30.3 Å². The van der Waals surface area contributed by atoms with E-state index in [1.807, 2.05) is 30.3 Å². The molecule has 0 aromatic heterocycles. The van der Waals surface area contributed by atoms with Gasteiger partial charge < -0.3 is 10.4 Å². The first-order chi connectivity index (χ1) is 8.75. The van der Waals surface area contributed by atoms with Crippen LogP contribution in [-0.4, -0.2) is 24.2 Å². The van der Waals surface area contributed by atoms with Gasteiger partial charge in [-0.25, -0.2) is 0 Å². The number of hydrogen-bond acceptors (Lipinski definition) is 2. The van der Waals surface area contributed by atoms with Crippen LogP contribution in [0.25, 0.3) is 0 Å². The minimum Gasteiger partial charge on any atom is -0.400 e. The SMILES string of the molecule is CC1CCC(NC(=O)c2ccccc2)CC1.CO. The molecule has 3 nitrogen and oxygen atoms in total. The molecule has 1 amide bonds. The minimum absolute atomic E-state index is 0.0696. The molecule has 0 spiro atoms. The zero-order valence-electron chi connectivity index (χ0n) is 11.2. The van der Waals surface area contributed by atoms with E-state index in [-0.39, 0.29) is 5.91 Å². The molecule has 1 aromatic rings. The number of aliphatic hydroxyl groups is 1. The number of aliphatic hydroxyl groups excluding tert-OH is 1. The fourth-order valence-corrected chi connectivity index (χ4v) is 2.26. The molecule has 1 aliphatic carbocycles. The number of carbonyl (C=O) groups is 1. The summed E-state index contributed by atoms with van der Waals surface area (Å²) in [4.78, 5) is 11.9. The van der Waals surface area contributed by atoms with Crippen molar-refractivity contribution in [2.24, 2.45) is 5.92 Å². The van der Waals surface area contributed by atoms with E-state index in [0.29, 0.717) is 6.04 Å². The van der Waals surface area contributed by atoms with Crippen LogP contribution in [0.4, 0.5) is 0 Å². The molecule has 0 atom stereocenters. The first-order valence-corrected chi connectivity index (χ1v) is 6.56. The molecule has 0 radical (unpaired) electrons. The van der Waals surface area contributed by atoms with E-state index in [9.17, 15) is 4.79 Å². The van der Waals surface area contributed by atoms with Crippen molar-refractivity contribution in [3.05, 3.63) is 35.9 Å². The van der Waals surface area contributed by atoms with E-state index in [1.165, 1.54) is 12.8 Å². The topological polar surface area (TPSA) is 49.3 Å². The molecule has 0 heterocycles. The highest BCUT2D eigenvalue weighted by Gasteiger charge is 2.19. The third-order valence-corrected chi connectivity index (χ3v) is 3.39. The number of carbonyl (C=O) groups excluding carboxylic acids is 1. The van der Waals surface area contributed by atoms with Crippen molar-refractivity contribution >= 4 is 5.91 Å². The Labute approximate surface area is 109 Å². The smallest absolute Gasteiger partial charge is 0.251 e. The predicted molar refractivity (Wildman–Crippen MR) is 73.5 cm³/mol. The molecule has 0 bridgehead atoms. The van der Waals surface area contributed by atoms with Gasteiger partial charge in [0, 0.05) is 18.7 Å². The number of benzene rings is 1. The Morgan fingerprint density at radius 1 is 1.11 bits per heavy atom. The molecule has 18 heavy (non-hydrogen) atoms. The Hall–Kier alpha value is -1.35. The number of rotatable bonds is 2. The normalized spacial score (nSPS) is 22.6. The van der Waals surface area contributed by atoms with Gasteiger partial charge in [0.1, 0.15) is 0 Å². The third kappa shape index (κ3) is 4.49. The van der Waals surface area contributed by atoms with E-state index < -0.39 is 0 Å². The summed E-state index contributed by atoms with van der Waals surface area (Å²) in [7, 11) is 1.00. The maximum absolute atomic E-state index is 11.9. The Morgan fingerprint density at radius 2 is 1.67 bits per heavy atom. The largest absolute Gasteiger partial charge is 0.400 e. The lowest BCUT2D eigenvalue weighted by Gasteiger charge is -2.26. The Balaban J connectivity index is 0.000000771. The zero-order valence-corrected chi connectivity index (χ0v) is 11.2. The first-order valence-electron chi connectivity index (χ1n) is 6.56. The summed E-state index contributed by atoms with van der Waals surface area (Å²) in [6, 6.07) is 9.83. The van der Waals surface area contributed by atoms with Crippen LogP contribution < -0.4 is 5.32 Å². The van der Waals surface area contributed by atoms with Crippen LogP contribution in [-0.2, 0) is 0 Å². The molecule has 0 unspecified atom stereocenters. The van der Waals surface area contributed by atoms with Crippen LogP contribution in [0.3, 0.4) is 0 Å². The van der Waals surface area contributed by atoms with E-state index in [1.54, 1.807) is 0 Å². The van der Waals surface area contributed by atoms with Crippen molar-refractivity contribution in [3.8, 4) is 0 Å². The van der Waals surface area contributed by atoms with Gasteiger partial charge in [0.2, 0.25) is 0 Å². The minimum atomic E-state index is 0.0696. The number of hydrogen-bond donors (Lipinski definition) is 2. The lowest BCUT2D eigenvalue weighted by atomic mass is 9.87. The van der Waals surface area contributed by atoms with Crippen LogP contribution in [0.5, 0.6) is 0 Å². The standard InChI is InChI=1S/C14H19NO.CH4O/c1-11-7-9-13(10-8-11)15-14(16)12-5-3-2-4-6-12;1-2/h2-6,11,13H,7-10H2,1H3,(H,15,16);2H,1H3. The second kappa shape index (κ2) is 7.88. The van der Waals surface area contributed by atoms with E-state index >= 15 is 0 Å². The summed E-state index contributed by atoms with van der Waals surface area (Å²) in [5.74, 6) is 0.894. The molecule has 1 fully saturated rings. The Kier molecular flexibility index (Phi) is 6.44. The molecule has 1 aliphatic rings. The molecule has 1 aromatic carbocycles. The van der Waals surface area contributed by atoms with Gasteiger partial charge in [-0.1, -0.05) is 25.1 Å². The highest BCUT2D eigenvalue weighted by Crippen LogP contribution is 2.23. The second-order valence-electron chi connectivity index (χ2n) is 4.80. The molecular weight excluding hydrogens is 226 g/mol. The summed E-state index contributed by atoms with van der Waals surface area (Å²) < 4.78 is 0. The predicted octanol–water partition coefficient (Wildman–Crippen LogP) is 2.60. The van der Waals surface area contributed by atoms with E-state index in [2.05, 4.69) is 12.2 Å². The molecule has 100 valence electrons. The molecular formula is C15H23NO2.